The number of hydrogen-bond donors (Lipinski definition) is 0. The topological polar surface area (TPSA) is 12.5 Å². The highest BCUT2D eigenvalue weighted by Gasteiger charge is 2.28. The first-order valence-corrected chi connectivity index (χ1v) is 7.76. The molecule has 0 aliphatic carbocycles. The summed E-state index contributed by atoms with van der Waals surface area (Å²) in [6.07, 6.45) is 2.25. The average molecular weight is 280 g/mol. The van der Waals surface area contributed by atoms with Crippen molar-refractivity contribution >= 4 is 11.6 Å². The first kappa shape index (κ1) is 13.3. The number of fused-ring (bicyclic) bond motifs is 1. The molecule has 0 amide bonds. The summed E-state index contributed by atoms with van der Waals surface area (Å²) in [6, 6.07) is 8.49. The van der Waals surface area contributed by atoms with Crippen molar-refractivity contribution in [1.29, 1.82) is 0 Å². The molecule has 3 unspecified atom stereocenters. The van der Waals surface area contributed by atoms with Crippen LogP contribution in [0, 0.1) is 5.92 Å². The van der Waals surface area contributed by atoms with Crippen LogP contribution in [0.15, 0.2) is 24.3 Å². The van der Waals surface area contributed by atoms with Crippen LogP contribution < -0.4 is 4.74 Å². The van der Waals surface area contributed by atoms with Gasteiger partial charge in [-0.05, 0) is 36.9 Å². The molecule has 2 nitrogen and oxygen atoms in total. The average Bonchev–Trinajstić information content (AvgIpc) is 2.43. The Morgan fingerprint density at radius 1 is 1.32 bits per heavy atom. The molecule has 0 aromatic heterocycles. The van der Waals surface area contributed by atoms with Crippen molar-refractivity contribution in [2.75, 3.05) is 26.2 Å². The van der Waals surface area contributed by atoms with Crippen molar-refractivity contribution in [3.05, 3.63) is 29.8 Å². The van der Waals surface area contributed by atoms with Gasteiger partial charge in [0.05, 0.1) is 6.61 Å². The Bertz CT molecular complexity index is 437. The van der Waals surface area contributed by atoms with Gasteiger partial charge in [0.25, 0.3) is 0 Å². The van der Waals surface area contributed by atoms with Gasteiger partial charge in [0.15, 0.2) is 0 Å². The van der Waals surface area contributed by atoms with Crippen LogP contribution in [-0.4, -0.2) is 36.5 Å². The minimum Gasteiger partial charge on any atom is -0.493 e. The van der Waals surface area contributed by atoms with Gasteiger partial charge in [0, 0.05) is 24.4 Å². The summed E-state index contributed by atoms with van der Waals surface area (Å²) >= 11 is 6.31. The van der Waals surface area contributed by atoms with Crippen molar-refractivity contribution < 1.29 is 4.74 Å². The zero-order chi connectivity index (χ0) is 13.2. The number of benzene rings is 1. The molecular weight excluding hydrogens is 258 g/mol. The molecule has 0 spiro atoms. The zero-order valence-electron chi connectivity index (χ0n) is 11.5. The number of nitrogens with zero attached hydrogens (tertiary/aromatic N) is 1. The standard InChI is InChI=1S/C16H22ClNO/c1-12-10-18(8-6-15(12)17)11-13-7-9-19-16-5-3-2-4-14(13)16/h2-5,12-13,15H,6-11H2,1H3. The Labute approximate surface area is 120 Å². The van der Waals surface area contributed by atoms with Crippen molar-refractivity contribution in [3.63, 3.8) is 0 Å². The van der Waals surface area contributed by atoms with E-state index in [1.165, 1.54) is 5.56 Å². The number of hydrogen-bond acceptors (Lipinski definition) is 2. The number of ether oxygens (including phenoxy) is 1. The molecule has 0 radical (unpaired) electrons. The van der Waals surface area contributed by atoms with Crippen LogP contribution >= 0.6 is 11.6 Å². The van der Waals surface area contributed by atoms with Crippen LogP contribution in [0.4, 0.5) is 0 Å². The van der Waals surface area contributed by atoms with Crippen LogP contribution in [0.1, 0.15) is 31.2 Å². The van der Waals surface area contributed by atoms with Gasteiger partial charge in [0.1, 0.15) is 5.75 Å². The van der Waals surface area contributed by atoms with Crippen molar-refractivity contribution in [1.82, 2.24) is 4.90 Å². The van der Waals surface area contributed by atoms with Gasteiger partial charge in [-0.25, -0.2) is 0 Å². The molecule has 104 valence electrons. The molecule has 3 heteroatoms. The number of halogens is 1. The molecule has 2 aliphatic heterocycles. The fourth-order valence-electron chi connectivity index (χ4n) is 3.29. The molecule has 0 bridgehead atoms. The molecule has 1 saturated heterocycles. The molecule has 3 rings (SSSR count). The van der Waals surface area contributed by atoms with E-state index in [1.807, 2.05) is 0 Å². The molecule has 0 saturated carbocycles. The summed E-state index contributed by atoms with van der Waals surface area (Å²) in [7, 11) is 0. The summed E-state index contributed by atoms with van der Waals surface area (Å²) in [5.41, 5.74) is 1.38. The molecule has 1 aromatic carbocycles. The van der Waals surface area contributed by atoms with Crippen molar-refractivity contribution in [2.24, 2.45) is 5.92 Å². The summed E-state index contributed by atoms with van der Waals surface area (Å²) < 4.78 is 5.74. The highest BCUT2D eigenvalue weighted by atomic mass is 35.5. The predicted octanol–water partition coefficient (Wildman–Crippen LogP) is 3.50. The van der Waals surface area contributed by atoms with Gasteiger partial charge < -0.3 is 9.64 Å². The lowest BCUT2D eigenvalue weighted by Crippen LogP contribution is -2.42. The molecule has 0 N–H and O–H groups in total. The summed E-state index contributed by atoms with van der Waals surface area (Å²) in [5, 5.41) is 0.359. The maximum atomic E-state index is 6.31. The normalized spacial score (nSPS) is 31.6. The molecular formula is C16H22ClNO. The molecule has 2 heterocycles. The Morgan fingerprint density at radius 2 is 2.16 bits per heavy atom. The van der Waals surface area contributed by atoms with Gasteiger partial charge in [-0.15, -0.1) is 11.6 Å². The summed E-state index contributed by atoms with van der Waals surface area (Å²) in [6.45, 7) is 6.53. The van der Waals surface area contributed by atoms with E-state index in [0.29, 0.717) is 17.2 Å². The SMILES string of the molecule is CC1CN(CC2CCOc3ccccc32)CCC1Cl. The quantitative estimate of drug-likeness (QED) is 0.768. The highest BCUT2D eigenvalue weighted by molar-refractivity contribution is 6.20. The lowest BCUT2D eigenvalue weighted by Gasteiger charge is -2.37. The van der Waals surface area contributed by atoms with Crippen molar-refractivity contribution in [3.8, 4) is 5.75 Å². The first-order valence-electron chi connectivity index (χ1n) is 7.32. The monoisotopic (exact) mass is 279 g/mol. The van der Waals surface area contributed by atoms with Gasteiger partial charge in [-0.1, -0.05) is 25.1 Å². The van der Waals surface area contributed by atoms with Crippen molar-refractivity contribution in [2.45, 2.75) is 31.1 Å². The van der Waals surface area contributed by atoms with E-state index >= 15 is 0 Å². The predicted molar refractivity (Wildman–Crippen MR) is 79.2 cm³/mol. The lowest BCUT2D eigenvalue weighted by atomic mass is 9.91. The molecule has 1 fully saturated rings. The Balaban J connectivity index is 1.68. The number of piperidine rings is 1. The fourth-order valence-corrected chi connectivity index (χ4v) is 3.46. The van der Waals surface area contributed by atoms with E-state index in [4.69, 9.17) is 16.3 Å². The smallest absolute Gasteiger partial charge is 0.122 e. The third-order valence-electron chi connectivity index (χ3n) is 4.45. The highest BCUT2D eigenvalue weighted by Crippen LogP contribution is 2.34. The van der Waals surface area contributed by atoms with Crippen LogP contribution in [0.2, 0.25) is 0 Å². The summed E-state index contributed by atoms with van der Waals surface area (Å²) in [4.78, 5) is 2.58. The number of rotatable bonds is 2. The third-order valence-corrected chi connectivity index (χ3v) is 5.09. The largest absolute Gasteiger partial charge is 0.493 e. The second-order valence-corrected chi connectivity index (χ2v) is 6.47. The van der Waals surface area contributed by atoms with E-state index < -0.39 is 0 Å². The number of likely N-dealkylation sites (tertiary alicyclic amines) is 1. The van der Waals surface area contributed by atoms with E-state index in [2.05, 4.69) is 36.1 Å². The Kier molecular flexibility index (Phi) is 3.99. The van der Waals surface area contributed by atoms with Crippen LogP contribution in [0.5, 0.6) is 5.75 Å². The van der Waals surface area contributed by atoms with Gasteiger partial charge in [-0.2, -0.15) is 0 Å². The maximum Gasteiger partial charge on any atom is 0.122 e. The maximum absolute atomic E-state index is 6.31. The first-order chi connectivity index (χ1) is 9.24. The van der Waals surface area contributed by atoms with E-state index in [9.17, 15) is 0 Å². The molecule has 19 heavy (non-hydrogen) atoms. The Morgan fingerprint density at radius 3 is 3.00 bits per heavy atom. The molecule has 3 atom stereocenters. The molecule has 2 aliphatic rings. The minimum absolute atomic E-state index is 0.359. The van der Waals surface area contributed by atoms with E-state index in [1.54, 1.807) is 0 Å². The zero-order valence-corrected chi connectivity index (χ0v) is 12.3. The van der Waals surface area contributed by atoms with Gasteiger partial charge in [0.2, 0.25) is 0 Å². The van der Waals surface area contributed by atoms with Gasteiger partial charge >= 0.3 is 0 Å². The van der Waals surface area contributed by atoms with Crippen LogP contribution in [0.3, 0.4) is 0 Å². The third kappa shape index (κ3) is 2.90. The van der Waals surface area contributed by atoms with Crippen LogP contribution in [0.25, 0.3) is 0 Å². The van der Waals surface area contributed by atoms with E-state index in [0.717, 1.165) is 44.8 Å². The lowest BCUT2D eigenvalue weighted by molar-refractivity contribution is 0.161. The second-order valence-electron chi connectivity index (χ2n) is 5.91. The fraction of sp³-hybridized carbons (Fsp3) is 0.625. The Hall–Kier alpha value is -0.730. The number of para-hydroxylation sites is 1. The van der Waals surface area contributed by atoms with E-state index in [-0.39, 0.29) is 0 Å². The number of alkyl halides is 1. The van der Waals surface area contributed by atoms with Gasteiger partial charge in [-0.3, -0.25) is 0 Å². The van der Waals surface area contributed by atoms with Crippen LogP contribution in [-0.2, 0) is 0 Å². The minimum atomic E-state index is 0.359. The summed E-state index contributed by atoms with van der Waals surface area (Å²) in [5.74, 6) is 2.30. The second kappa shape index (κ2) is 5.72. The molecule has 1 aromatic rings.